The predicted molar refractivity (Wildman–Crippen MR) is 57.2 cm³/mol. The van der Waals surface area contributed by atoms with E-state index in [4.69, 9.17) is 11.5 Å². The maximum Gasteiger partial charge on any atom is 0.125 e. The molecule has 0 fully saturated rings. The second-order valence-corrected chi connectivity index (χ2v) is 4.62. The van der Waals surface area contributed by atoms with Crippen LogP contribution in [-0.2, 0) is 0 Å². The number of hydrogen-bond acceptors (Lipinski definition) is 2. The van der Waals surface area contributed by atoms with Crippen molar-refractivity contribution in [2.45, 2.75) is 26.8 Å². The van der Waals surface area contributed by atoms with Gasteiger partial charge < -0.3 is 11.5 Å². The Balaban J connectivity index is 3.08. The van der Waals surface area contributed by atoms with Crippen LogP contribution in [0.4, 0.5) is 10.1 Å². The zero-order valence-corrected chi connectivity index (χ0v) is 8.84. The third kappa shape index (κ3) is 2.23. The molecule has 0 amide bonds. The molecule has 1 aromatic rings. The van der Waals surface area contributed by atoms with Gasteiger partial charge in [0.1, 0.15) is 5.82 Å². The van der Waals surface area contributed by atoms with Crippen molar-refractivity contribution >= 4 is 5.69 Å². The van der Waals surface area contributed by atoms with Gasteiger partial charge in [0.15, 0.2) is 0 Å². The number of rotatable bonds is 1. The summed E-state index contributed by atoms with van der Waals surface area (Å²) in [4.78, 5) is 0. The molecule has 1 atom stereocenters. The average Bonchev–Trinajstić information content (AvgIpc) is 2.01. The summed E-state index contributed by atoms with van der Waals surface area (Å²) in [6, 6.07) is 4.17. The van der Waals surface area contributed by atoms with Crippen LogP contribution in [-0.4, -0.2) is 0 Å². The molecule has 0 radical (unpaired) electrons. The van der Waals surface area contributed by atoms with Gasteiger partial charge in [-0.05, 0) is 23.1 Å². The molecule has 0 aliphatic rings. The lowest BCUT2D eigenvalue weighted by Gasteiger charge is -2.28. The van der Waals surface area contributed by atoms with Gasteiger partial charge in [-0.3, -0.25) is 0 Å². The van der Waals surface area contributed by atoms with Gasteiger partial charge in [0, 0.05) is 11.7 Å². The SMILES string of the molecule is CC(C)(C)[C@@H](N)c1ccc(F)cc1N. The first-order valence-electron chi connectivity index (χ1n) is 4.63. The van der Waals surface area contributed by atoms with Gasteiger partial charge in [0.05, 0.1) is 0 Å². The number of nitrogen functional groups attached to an aromatic ring is 1. The van der Waals surface area contributed by atoms with Crippen molar-refractivity contribution in [3.05, 3.63) is 29.6 Å². The van der Waals surface area contributed by atoms with Crippen LogP contribution < -0.4 is 11.5 Å². The third-order valence-corrected chi connectivity index (χ3v) is 2.32. The van der Waals surface area contributed by atoms with Crippen LogP contribution >= 0.6 is 0 Å². The van der Waals surface area contributed by atoms with E-state index in [2.05, 4.69) is 0 Å². The smallest absolute Gasteiger partial charge is 0.125 e. The van der Waals surface area contributed by atoms with Crippen molar-refractivity contribution in [1.82, 2.24) is 0 Å². The van der Waals surface area contributed by atoms with Crippen molar-refractivity contribution in [2.75, 3.05) is 5.73 Å². The zero-order chi connectivity index (χ0) is 10.9. The summed E-state index contributed by atoms with van der Waals surface area (Å²) >= 11 is 0. The third-order valence-electron chi connectivity index (χ3n) is 2.32. The zero-order valence-electron chi connectivity index (χ0n) is 8.84. The molecule has 4 N–H and O–H groups in total. The van der Waals surface area contributed by atoms with Crippen molar-refractivity contribution in [2.24, 2.45) is 11.1 Å². The molecule has 78 valence electrons. The number of nitrogens with two attached hydrogens (primary N) is 2. The first kappa shape index (κ1) is 11.0. The molecular formula is C11H17FN2. The largest absolute Gasteiger partial charge is 0.398 e. The highest BCUT2D eigenvalue weighted by molar-refractivity contribution is 5.49. The maximum atomic E-state index is 12.8. The summed E-state index contributed by atoms with van der Waals surface area (Å²) in [5.41, 5.74) is 12.9. The number of halogens is 1. The van der Waals surface area contributed by atoms with Gasteiger partial charge in [0.2, 0.25) is 0 Å². The van der Waals surface area contributed by atoms with Gasteiger partial charge in [-0.1, -0.05) is 26.8 Å². The molecule has 0 saturated carbocycles. The molecule has 1 rings (SSSR count). The van der Waals surface area contributed by atoms with E-state index in [0.717, 1.165) is 5.56 Å². The minimum atomic E-state index is -0.327. The monoisotopic (exact) mass is 196 g/mol. The first-order chi connectivity index (χ1) is 6.32. The molecular weight excluding hydrogens is 179 g/mol. The molecule has 1 aromatic carbocycles. The molecule has 0 aliphatic heterocycles. The van der Waals surface area contributed by atoms with Crippen molar-refractivity contribution < 1.29 is 4.39 Å². The average molecular weight is 196 g/mol. The molecule has 0 saturated heterocycles. The van der Waals surface area contributed by atoms with Gasteiger partial charge in [-0.2, -0.15) is 0 Å². The normalized spacial score (nSPS) is 14.1. The molecule has 0 aromatic heterocycles. The van der Waals surface area contributed by atoms with Crippen LogP contribution in [0.15, 0.2) is 18.2 Å². The quantitative estimate of drug-likeness (QED) is 0.678. The molecule has 0 heterocycles. The fraction of sp³-hybridized carbons (Fsp3) is 0.455. The fourth-order valence-electron chi connectivity index (χ4n) is 1.30. The fourth-order valence-corrected chi connectivity index (χ4v) is 1.30. The highest BCUT2D eigenvalue weighted by atomic mass is 19.1. The maximum absolute atomic E-state index is 12.8. The summed E-state index contributed by atoms with van der Waals surface area (Å²) < 4.78 is 12.8. The molecule has 0 aliphatic carbocycles. The van der Waals surface area contributed by atoms with Gasteiger partial charge in [-0.25, -0.2) is 4.39 Å². The van der Waals surface area contributed by atoms with E-state index in [1.54, 1.807) is 6.07 Å². The number of anilines is 1. The summed E-state index contributed by atoms with van der Waals surface area (Å²) in [6.07, 6.45) is 0. The van der Waals surface area contributed by atoms with Crippen LogP contribution in [0.25, 0.3) is 0 Å². The number of hydrogen-bond donors (Lipinski definition) is 2. The Bertz CT molecular complexity index is 329. The Morgan fingerprint density at radius 1 is 1.29 bits per heavy atom. The van der Waals surface area contributed by atoms with Crippen LogP contribution in [0, 0.1) is 11.2 Å². The second kappa shape index (κ2) is 3.58. The predicted octanol–water partition coefficient (Wildman–Crippen LogP) is 2.45. The van der Waals surface area contributed by atoms with Crippen LogP contribution in [0.1, 0.15) is 32.4 Å². The van der Waals surface area contributed by atoms with Crippen LogP contribution in [0.3, 0.4) is 0 Å². The van der Waals surface area contributed by atoms with E-state index in [9.17, 15) is 4.39 Å². The van der Waals surface area contributed by atoms with E-state index in [1.165, 1.54) is 12.1 Å². The molecule has 2 nitrogen and oxygen atoms in total. The lowest BCUT2D eigenvalue weighted by Crippen LogP contribution is -2.27. The second-order valence-electron chi connectivity index (χ2n) is 4.62. The Kier molecular flexibility index (Phi) is 2.81. The van der Waals surface area contributed by atoms with Gasteiger partial charge >= 0.3 is 0 Å². The molecule has 3 heteroatoms. The van der Waals surface area contributed by atoms with Crippen molar-refractivity contribution in [1.29, 1.82) is 0 Å². The van der Waals surface area contributed by atoms with E-state index < -0.39 is 0 Å². The minimum absolute atomic E-state index is 0.0774. The summed E-state index contributed by atoms with van der Waals surface area (Å²) in [7, 11) is 0. The highest BCUT2D eigenvalue weighted by Gasteiger charge is 2.23. The lowest BCUT2D eigenvalue weighted by atomic mass is 9.82. The summed E-state index contributed by atoms with van der Waals surface area (Å²) in [5.74, 6) is -0.327. The lowest BCUT2D eigenvalue weighted by molar-refractivity contribution is 0.327. The standard InChI is InChI=1S/C11H17FN2/c1-11(2,3)10(14)8-5-4-7(12)6-9(8)13/h4-6,10H,13-14H2,1-3H3/t10-/m0/s1. The Hall–Kier alpha value is -1.09. The first-order valence-corrected chi connectivity index (χ1v) is 4.63. The van der Waals surface area contributed by atoms with Crippen molar-refractivity contribution in [3.63, 3.8) is 0 Å². The van der Waals surface area contributed by atoms with E-state index in [1.807, 2.05) is 20.8 Å². The topological polar surface area (TPSA) is 52.0 Å². The van der Waals surface area contributed by atoms with Crippen LogP contribution in [0.5, 0.6) is 0 Å². The van der Waals surface area contributed by atoms with Crippen molar-refractivity contribution in [3.8, 4) is 0 Å². The highest BCUT2D eigenvalue weighted by Crippen LogP contribution is 2.33. The number of benzene rings is 1. The van der Waals surface area contributed by atoms with E-state index >= 15 is 0 Å². The molecule has 0 spiro atoms. The Morgan fingerprint density at radius 2 is 1.86 bits per heavy atom. The molecule has 0 unspecified atom stereocenters. The van der Waals surface area contributed by atoms with Gasteiger partial charge in [-0.15, -0.1) is 0 Å². The van der Waals surface area contributed by atoms with E-state index in [0.29, 0.717) is 5.69 Å². The minimum Gasteiger partial charge on any atom is -0.398 e. The summed E-state index contributed by atoms with van der Waals surface area (Å²) in [6.45, 7) is 6.08. The Morgan fingerprint density at radius 3 is 2.29 bits per heavy atom. The van der Waals surface area contributed by atoms with E-state index in [-0.39, 0.29) is 17.3 Å². The molecule has 0 bridgehead atoms. The Labute approximate surface area is 84.1 Å². The molecule has 14 heavy (non-hydrogen) atoms. The summed E-state index contributed by atoms with van der Waals surface area (Å²) in [5, 5.41) is 0. The van der Waals surface area contributed by atoms with Crippen LogP contribution in [0.2, 0.25) is 0 Å². The van der Waals surface area contributed by atoms with Gasteiger partial charge in [0.25, 0.3) is 0 Å².